The molecule has 0 aliphatic carbocycles. The Morgan fingerprint density at radius 1 is 1.05 bits per heavy atom. The van der Waals surface area contributed by atoms with Crippen LogP contribution in [-0.2, 0) is 16.1 Å². The van der Waals surface area contributed by atoms with Crippen LogP contribution < -0.4 is 4.74 Å². The SMILES string of the molecule is O=C(COc1cccc(F)c1)OCc1ccccc1F. The third-order valence-corrected chi connectivity index (χ3v) is 2.50. The van der Waals surface area contributed by atoms with Gasteiger partial charge in [0.15, 0.2) is 6.61 Å². The number of benzene rings is 2. The highest BCUT2D eigenvalue weighted by Gasteiger charge is 2.07. The van der Waals surface area contributed by atoms with Crippen LogP contribution in [0.25, 0.3) is 0 Å². The van der Waals surface area contributed by atoms with E-state index < -0.39 is 17.6 Å². The van der Waals surface area contributed by atoms with Crippen molar-refractivity contribution in [2.24, 2.45) is 0 Å². The molecule has 0 unspecified atom stereocenters. The summed E-state index contributed by atoms with van der Waals surface area (Å²) in [6.45, 7) is -0.532. The van der Waals surface area contributed by atoms with Gasteiger partial charge in [-0.25, -0.2) is 13.6 Å². The van der Waals surface area contributed by atoms with Gasteiger partial charge >= 0.3 is 5.97 Å². The van der Waals surface area contributed by atoms with Crippen LogP contribution in [0.4, 0.5) is 8.78 Å². The molecule has 0 aromatic heterocycles. The lowest BCUT2D eigenvalue weighted by Crippen LogP contribution is -2.15. The molecule has 0 N–H and O–H groups in total. The summed E-state index contributed by atoms with van der Waals surface area (Å²) in [4.78, 5) is 11.4. The van der Waals surface area contributed by atoms with E-state index in [0.717, 1.165) is 6.07 Å². The van der Waals surface area contributed by atoms with Crippen molar-refractivity contribution in [2.45, 2.75) is 6.61 Å². The second-order valence-electron chi connectivity index (χ2n) is 4.00. The molecule has 0 saturated heterocycles. The van der Waals surface area contributed by atoms with Gasteiger partial charge in [0, 0.05) is 11.6 Å². The molecule has 0 heterocycles. The van der Waals surface area contributed by atoms with E-state index in [1.807, 2.05) is 0 Å². The fourth-order valence-corrected chi connectivity index (χ4v) is 1.51. The Labute approximate surface area is 114 Å². The van der Waals surface area contributed by atoms with E-state index >= 15 is 0 Å². The lowest BCUT2D eigenvalue weighted by Gasteiger charge is -2.07. The average molecular weight is 278 g/mol. The van der Waals surface area contributed by atoms with E-state index in [1.54, 1.807) is 12.1 Å². The standard InChI is InChI=1S/C15H12F2O3/c16-12-5-3-6-13(8-12)19-10-15(18)20-9-11-4-1-2-7-14(11)17/h1-8H,9-10H2. The number of carbonyl (C=O) groups is 1. The summed E-state index contributed by atoms with van der Waals surface area (Å²) in [6, 6.07) is 11.4. The molecule has 0 aliphatic rings. The number of hydrogen-bond acceptors (Lipinski definition) is 3. The number of hydrogen-bond donors (Lipinski definition) is 0. The maximum atomic E-state index is 13.3. The van der Waals surface area contributed by atoms with Gasteiger partial charge in [0.05, 0.1) is 0 Å². The molecule has 0 bridgehead atoms. The number of halogens is 2. The lowest BCUT2D eigenvalue weighted by atomic mass is 10.2. The topological polar surface area (TPSA) is 35.5 Å². The zero-order valence-corrected chi connectivity index (χ0v) is 10.5. The van der Waals surface area contributed by atoms with Crippen LogP contribution in [0.3, 0.4) is 0 Å². The summed E-state index contributed by atoms with van der Waals surface area (Å²) < 4.78 is 36.1. The van der Waals surface area contributed by atoms with Gasteiger partial charge in [-0.1, -0.05) is 24.3 Å². The van der Waals surface area contributed by atoms with Crippen LogP contribution in [-0.4, -0.2) is 12.6 Å². The Balaban J connectivity index is 1.80. The Bertz CT molecular complexity index is 599. The van der Waals surface area contributed by atoms with Gasteiger partial charge in [-0.3, -0.25) is 0 Å². The maximum Gasteiger partial charge on any atom is 0.344 e. The van der Waals surface area contributed by atoms with E-state index in [0.29, 0.717) is 0 Å². The Morgan fingerprint density at radius 2 is 1.85 bits per heavy atom. The number of carbonyl (C=O) groups excluding carboxylic acids is 1. The van der Waals surface area contributed by atoms with Crippen LogP contribution in [0.1, 0.15) is 5.56 Å². The molecule has 2 aromatic carbocycles. The predicted molar refractivity (Wildman–Crippen MR) is 68.1 cm³/mol. The molecule has 3 nitrogen and oxygen atoms in total. The zero-order chi connectivity index (χ0) is 14.4. The Morgan fingerprint density at radius 3 is 2.60 bits per heavy atom. The normalized spacial score (nSPS) is 10.1. The van der Waals surface area contributed by atoms with Gasteiger partial charge in [0.25, 0.3) is 0 Å². The van der Waals surface area contributed by atoms with E-state index in [2.05, 4.69) is 0 Å². The number of ether oxygens (including phenoxy) is 2. The van der Waals surface area contributed by atoms with Crippen molar-refractivity contribution in [3.8, 4) is 5.75 Å². The quantitative estimate of drug-likeness (QED) is 0.788. The molecule has 5 heteroatoms. The van der Waals surface area contributed by atoms with Gasteiger partial charge in [-0.05, 0) is 18.2 Å². The summed E-state index contributed by atoms with van der Waals surface area (Å²) in [7, 11) is 0. The molecular formula is C15H12F2O3. The van der Waals surface area contributed by atoms with Crippen molar-refractivity contribution in [2.75, 3.05) is 6.61 Å². The fourth-order valence-electron chi connectivity index (χ4n) is 1.51. The first-order valence-electron chi connectivity index (χ1n) is 5.92. The van der Waals surface area contributed by atoms with E-state index in [4.69, 9.17) is 9.47 Å². The molecule has 0 fully saturated rings. The van der Waals surface area contributed by atoms with Crippen molar-refractivity contribution >= 4 is 5.97 Å². The molecule has 0 amide bonds. The molecule has 0 saturated carbocycles. The molecule has 0 aliphatic heterocycles. The minimum absolute atomic E-state index is 0.169. The van der Waals surface area contributed by atoms with E-state index in [1.165, 1.54) is 30.3 Å². The molecule has 0 atom stereocenters. The van der Waals surface area contributed by atoms with Gasteiger partial charge in [0.1, 0.15) is 24.0 Å². The maximum absolute atomic E-state index is 13.3. The zero-order valence-electron chi connectivity index (χ0n) is 10.5. The largest absolute Gasteiger partial charge is 0.482 e. The molecule has 104 valence electrons. The van der Waals surface area contributed by atoms with Gasteiger partial charge in [-0.2, -0.15) is 0 Å². The van der Waals surface area contributed by atoms with Gasteiger partial charge in [-0.15, -0.1) is 0 Å². The third-order valence-electron chi connectivity index (χ3n) is 2.50. The molecule has 0 radical (unpaired) electrons. The highest BCUT2D eigenvalue weighted by Crippen LogP contribution is 2.12. The van der Waals surface area contributed by atoms with Crippen molar-refractivity contribution in [3.05, 3.63) is 65.7 Å². The molecule has 2 rings (SSSR count). The summed E-state index contributed by atoms with van der Waals surface area (Å²) in [5.74, 6) is -1.32. The van der Waals surface area contributed by atoms with Crippen molar-refractivity contribution in [1.82, 2.24) is 0 Å². The van der Waals surface area contributed by atoms with Crippen LogP contribution in [0.5, 0.6) is 5.75 Å². The number of esters is 1. The lowest BCUT2D eigenvalue weighted by molar-refractivity contribution is -0.147. The van der Waals surface area contributed by atoms with Gasteiger partial charge in [0.2, 0.25) is 0 Å². The highest BCUT2D eigenvalue weighted by molar-refractivity contribution is 5.71. The highest BCUT2D eigenvalue weighted by atomic mass is 19.1. The van der Waals surface area contributed by atoms with E-state index in [-0.39, 0.29) is 24.5 Å². The fraction of sp³-hybridized carbons (Fsp3) is 0.133. The second kappa shape index (κ2) is 6.65. The van der Waals surface area contributed by atoms with Crippen LogP contribution in [0.2, 0.25) is 0 Å². The summed E-state index contributed by atoms with van der Waals surface area (Å²) in [6.07, 6.45) is 0. The predicted octanol–water partition coefficient (Wildman–Crippen LogP) is 3.09. The summed E-state index contributed by atoms with van der Waals surface area (Å²) in [5, 5.41) is 0. The Hall–Kier alpha value is -2.43. The van der Waals surface area contributed by atoms with Crippen molar-refractivity contribution in [3.63, 3.8) is 0 Å². The van der Waals surface area contributed by atoms with E-state index in [9.17, 15) is 13.6 Å². The van der Waals surface area contributed by atoms with Crippen LogP contribution in [0.15, 0.2) is 48.5 Å². The Kier molecular flexibility index (Phi) is 4.65. The second-order valence-corrected chi connectivity index (χ2v) is 4.00. The average Bonchev–Trinajstić information content (AvgIpc) is 2.44. The van der Waals surface area contributed by atoms with Crippen molar-refractivity contribution < 1.29 is 23.0 Å². The van der Waals surface area contributed by atoms with Crippen LogP contribution in [0, 0.1) is 11.6 Å². The monoisotopic (exact) mass is 278 g/mol. The summed E-state index contributed by atoms with van der Waals surface area (Å²) in [5.41, 5.74) is 0.284. The van der Waals surface area contributed by atoms with Crippen molar-refractivity contribution in [1.29, 1.82) is 0 Å². The molecule has 0 spiro atoms. The van der Waals surface area contributed by atoms with Crippen LogP contribution >= 0.6 is 0 Å². The molecular weight excluding hydrogens is 266 g/mol. The van der Waals surface area contributed by atoms with Gasteiger partial charge < -0.3 is 9.47 Å². The first kappa shape index (κ1) is 14.0. The first-order valence-corrected chi connectivity index (χ1v) is 5.92. The third kappa shape index (κ3) is 4.05. The first-order chi connectivity index (χ1) is 9.65. The minimum Gasteiger partial charge on any atom is -0.482 e. The minimum atomic E-state index is -0.655. The number of rotatable bonds is 5. The summed E-state index contributed by atoms with van der Waals surface area (Å²) >= 11 is 0. The molecule has 20 heavy (non-hydrogen) atoms. The molecule has 2 aromatic rings. The smallest absolute Gasteiger partial charge is 0.344 e.